The second-order valence-corrected chi connectivity index (χ2v) is 6.77. The van der Waals surface area contributed by atoms with Crippen LogP contribution in [0.4, 0.5) is 5.69 Å². The smallest absolute Gasteiger partial charge is 0.173 e. The molecule has 0 radical (unpaired) electrons. The third kappa shape index (κ3) is 3.60. The fourth-order valence-corrected chi connectivity index (χ4v) is 3.25. The molecule has 1 heterocycles. The predicted molar refractivity (Wildman–Crippen MR) is 106 cm³/mol. The third-order valence-corrected chi connectivity index (χ3v) is 4.51. The molecule has 0 amide bonds. The minimum absolute atomic E-state index is 0.309. The molecular formula is C20H23N3S. The van der Waals surface area contributed by atoms with Gasteiger partial charge in [-0.1, -0.05) is 30.3 Å². The van der Waals surface area contributed by atoms with Gasteiger partial charge in [-0.05, 0) is 62.3 Å². The summed E-state index contributed by atoms with van der Waals surface area (Å²) in [4.78, 5) is 5.55. The van der Waals surface area contributed by atoms with Crippen LogP contribution in [0.5, 0.6) is 0 Å². The van der Waals surface area contributed by atoms with Crippen molar-refractivity contribution in [3.63, 3.8) is 0 Å². The second kappa shape index (κ2) is 7.05. The van der Waals surface area contributed by atoms with Crippen LogP contribution in [-0.2, 0) is 6.54 Å². The first-order valence-corrected chi connectivity index (χ1v) is 8.64. The van der Waals surface area contributed by atoms with Crippen molar-refractivity contribution in [2.45, 2.75) is 33.4 Å². The number of aromatic amines is 1. The molecule has 0 spiro atoms. The molecule has 0 saturated carbocycles. The highest BCUT2D eigenvalue weighted by Crippen LogP contribution is 2.21. The molecular weight excluding hydrogens is 314 g/mol. The van der Waals surface area contributed by atoms with Crippen LogP contribution in [0, 0.1) is 6.92 Å². The van der Waals surface area contributed by atoms with Crippen LogP contribution in [0.25, 0.3) is 10.9 Å². The number of thiocarbonyl (C=S) groups is 1. The maximum Gasteiger partial charge on any atom is 0.173 e. The molecule has 0 aliphatic heterocycles. The van der Waals surface area contributed by atoms with Gasteiger partial charge in [0.25, 0.3) is 0 Å². The number of para-hydroxylation sites is 1. The Morgan fingerprint density at radius 1 is 1.17 bits per heavy atom. The number of hydrogen-bond acceptors (Lipinski definition) is 1. The van der Waals surface area contributed by atoms with Crippen molar-refractivity contribution < 1.29 is 0 Å². The van der Waals surface area contributed by atoms with Crippen molar-refractivity contribution in [3.05, 3.63) is 65.9 Å². The van der Waals surface area contributed by atoms with E-state index in [1.165, 1.54) is 16.5 Å². The van der Waals surface area contributed by atoms with Gasteiger partial charge in [-0.15, -0.1) is 0 Å². The molecule has 3 nitrogen and oxygen atoms in total. The zero-order valence-electron chi connectivity index (χ0n) is 14.3. The number of aryl methyl sites for hydroxylation is 1. The van der Waals surface area contributed by atoms with Gasteiger partial charge in [0.05, 0.1) is 0 Å². The Kier molecular flexibility index (Phi) is 4.86. The minimum atomic E-state index is 0.309. The normalized spacial score (nSPS) is 11.0. The monoisotopic (exact) mass is 337 g/mol. The lowest BCUT2D eigenvalue weighted by Crippen LogP contribution is -2.39. The van der Waals surface area contributed by atoms with Gasteiger partial charge in [-0.3, -0.25) is 0 Å². The molecule has 2 aromatic carbocycles. The zero-order valence-corrected chi connectivity index (χ0v) is 15.2. The summed E-state index contributed by atoms with van der Waals surface area (Å²) in [7, 11) is 0. The molecule has 124 valence electrons. The number of hydrogen-bond donors (Lipinski definition) is 2. The van der Waals surface area contributed by atoms with Gasteiger partial charge in [0.1, 0.15) is 0 Å². The highest BCUT2D eigenvalue weighted by molar-refractivity contribution is 7.80. The molecule has 24 heavy (non-hydrogen) atoms. The van der Waals surface area contributed by atoms with Crippen LogP contribution in [0.3, 0.4) is 0 Å². The number of aromatic nitrogens is 1. The number of H-pyrrole nitrogens is 1. The number of anilines is 1. The quantitative estimate of drug-likeness (QED) is 0.651. The average Bonchev–Trinajstić information content (AvgIpc) is 2.95. The fourth-order valence-electron chi connectivity index (χ4n) is 2.85. The Morgan fingerprint density at radius 3 is 2.71 bits per heavy atom. The first-order chi connectivity index (χ1) is 11.5. The predicted octanol–water partition coefficient (Wildman–Crippen LogP) is 5.08. The SMILES string of the molecule is Cc1cccc(NC(=S)N(Cc2c[nH]c3ccccc23)C(C)C)c1. The summed E-state index contributed by atoms with van der Waals surface area (Å²) < 4.78 is 0. The largest absolute Gasteiger partial charge is 0.361 e. The van der Waals surface area contributed by atoms with E-state index in [4.69, 9.17) is 12.2 Å². The molecule has 0 fully saturated rings. The van der Waals surface area contributed by atoms with E-state index in [1.54, 1.807) is 0 Å². The molecule has 0 atom stereocenters. The molecule has 3 aromatic rings. The lowest BCUT2D eigenvalue weighted by molar-refractivity contribution is 0.349. The topological polar surface area (TPSA) is 31.1 Å². The Labute approximate surface area is 148 Å². The summed E-state index contributed by atoms with van der Waals surface area (Å²) in [6.45, 7) is 7.19. The van der Waals surface area contributed by atoms with E-state index in [1.807, 2.05) is 18.2 Å². The molecule has 0 saturated heterocycles. The number of benzene rings is 2. The van der Waals surface area contributed by atoms with Crippen molar-refractivity contribution >= 4 is 33.9 Å². The van der Waals surface area contributed by atoms with Crippen molar-refractivity contribution in [1.29, 1.82) is 0 Å². The van der Waals surface area contributed by atoms with Crippen LogP contribution in [-0.4, -0.2) is 21.0 Å². The van der Waals surface area contributed by atoms with E-state index in [2.05, 4.69) is 72.5 Å². The molecule has 0 unspecified atom stereocenters. The Hall–Kier alpha value is -2.33. The lowest BCUT2D eigenvalue weighted by atomic mass is 10.1. The van der Waals surface area contributed by atoms with Gasteiger partial charge in [0.15, 0.2) is 5.11 Å². The standard InChI is InChI=1S/C20H23N3S/c1-14(2)23(20(24)22-17-8-6-7-15(3)11-17)13-16-12-21-19-10-5-4-9-18(16)19/h4-12,14,21H,13H2,1-3H3,(H,22,24). The van der Waals surface area contributed by atoms with E-state index >= 15 is 0 Å². The summed E-state index contributed by atoms with van der Waals surface area (Å²) in [5, 5.41) is 5.37. The van der Waals surface area contributed by atoms with Gasteiger partial charge in [0, 0.05) is 35.4 Å². The number of nitrogens with zero attached hydrogens (tertiary/aromatic N) is 1. The fraction of sp³-hybridized carbons (Fsp3) is 0.250. The Bertz CT molecular complexity index is 851. The summed E-state index contributed by atoms with van der Waals surface area (Å²) in [5.74, 6) is 0. The summed E-state index contributed by atoms with van der Waals surface area (Å²) in [5.41, 5.74) is 4.67. The Balaban J connectivity index is 1.80. The van der Waals surface area contributed by atoms with Crippen molar-refractivity contribution in [1.82, 2.24) is 9.88 Å². The third-order valence-electron chi connectivity index (χ3n) is 4.17. The molecule has 0 bridgehead atoms. The van der Waals surface area contributed by atoms with Crippen LogP contribution in [0.15, 0.2) is 54.7 Å². The minimum Gasteiger partial charge on any atom is -0.361 e. The summed E-state index contributed by atoms with van der Waals surface area (Å²) in [6.07, 6.45) is 2.08. The maximum atomic E-state index is 5.68. The van der Waals surface area contributed by atoms with Gasteiger partial charge in [0.2, 0.25) is 0 Å². The van der Waals surface area contributed by atoms with Gasteiger partial charge < -0.3 is 15.2 Å². The molecule has 0 aliphatic rings. The van der Waals surface area contributed by atoms with Gasteiger partial charge in [-0.2, -0.15) is 0 Å². The second-order valence-electron chi connectivity index (χ2n) is 6.38. The zero-order chi connectivity index (χ0) is 17.1. The highest BCUT2D eigenvalue weighted by Gasteiger charge is 2.16. The summed E-state index contributed by atoms with van der Waals surface area (Å²) >= 11 is 5.68. The lowest BCUT2D eigenvalue weighted by Gasteiger charge is -2.29. The number of rotatable bonds is 4. The highest BCUT2D eigenvalue weighted by atomic mass is 32.1. The van der Waals surface area contributed by atoms with Crippen LogP contribution in [0.2, 0.25) is 0 Å². The van der Waals surface area contributed by atoms with Crippen LogP contribution in [0.1, 0.15) is 25.0 Å². The molecule has 3 rings (SSSR count). The number of nitrogens with one attached hydrogen (secondary N) is 2. The van der Waals surface area contributed by atoms with E-state index in [9.17, 15) is 0 Å². The van der Waals surface area contributed by atoms with E-state index in [0.29, 0.717) is 6.04 Å². The number of fused-ring (bicyclic) bond motifs is 1. The van der Waals surface area contributed by atoms with E-state index in [0.717, 1.165) is 22.9 Å². The molecule has 0 aliphatic carbocycles. The first kappa shape index (κ1) is 16.5. The van der Waals surface area contributed by atoms with Crippen LogP contribution < -0.4 is 5.32 Å². The van der Waals surface area contributed by atoms with Crippen molar-refractivity contribution in [2.24, 2.45) is 0 Å². The molecule has 4 heteroatoms. The van der Waals surface area contributed by atoms with Crippen LogP contribution >= 0.6 is 12.2 Å². The van der Waals surface area contributed by atoms with E-state index in [-0.39, 0.29) is 0 Å². The average molecular weight is 337 g/mol. The maximum absolute atomic E-state index is 5.68. The molecule has 1 aromatic heterocycles. The molecule has 2 N–H and O–H groups in total. The van der Waals surface area contributed by atoms with Gasteiger partial charge >= 0.3 is 0 Å². The van der Waals surface area contributed by atoms with Gasteiger partial charge in [-0.25, -0.2) is 0 Å². The van der Waals surface area contributed by atoms with Crippen molar-refractivity contribution in [2.75, 3.05) is 5.32 Å². The first-order valence-electron chi connectivity index (χ1n) is 8.24. The van der Waals surface area contributed by atoms with Crippen molar-refractivity contribution in [3.8, 4) is 0 Å². The Morgan fingerprint density at radius 2 is 1.96 bits per heavy atom. The van der Waals surface area contributed by atoms with E-state index < -0.39 is 0 Å². The summed E-state index contributed by atoms with van der Waals surface area (Å²) in [6, 6.07) is 17.0.